The van der Waals surface area contributed by atoms with Crippen LogP contribution in [0.15, 0.2) is 33.7 Å². The number of aromatic nitrogens is 1. The molecule has 6 heteroatoms. The molecule has 2 aromatic rings. The summed E-state index contributed by atoms with van der Waals surface area (Å²) in [7, 11) is 0. The Morgan fingerprint density at radius 3 is 2.61 bits per heavy atom. The Balaban J connectivity index is 0.00000264. The molecule has 0 radical (unpaired) electrons. The van der Waals surface area contributed by atoms with Crippen molar-refractivity contribution in [1.29, 1.82) is 0 Å². The van der Waals surface area contributed by atoms with E-state index in [0.29, 0.717) is 19.0 Å². The molecule has 23 heavy (non-hydrogen) atoms. The molecular formula is C17H25IN4O. The molecule has 0 bridgehead atoms. The highest BCUT2D eigenvalue weighted by atomic mass is 127. The summed E-state index contributed by atoms with van der Waals surface area (Å²) >= 11 is 0. The van der Waals surface area contributed by atoms with Gasteiger partial charge in [-0.25, -0.2) is 9.98 Å². The summed E-state index contributed by atoms with van der Waals surface area (Å²) in [6.07, 6.45) is 0. The average molecular weight is 428 g/mol. The normalized spacial score (nSPS) is 11.0. The minimum absolute atomic E-state index is 0. The summed E-state index contributed by atoms with van der Waals surface area (Å²) in [5, 5.41) is 6.47. The number of oxazole rings is 1. The topological polar surface area (TPSA) is 62.5 Å². The number of halogens is 1. The molecule has 2 rings (SSSR count). The zero-order valence-corrected chi connectivity index (χ0v) is 16.5. The van der Waals surface area contributed by atoms with Gasteiger partial charge in [0.25, 0.3) is 0 Å². The molecule has 0 spiro atoms. The molecule has 1 aromatic carbocycles. The molecule has 0 aliphatic rings. The largest absolute Gasteiger partial charge is 0.444 e. The molecule has 1 heterocycles. The number of hydrogen-bond acceptors (Lipinski definition) is 3. The van der Waals surface area contributed by atoms with Crippen molar-refractivity contribution < 1.29 is 4.42 Å². The summed E-state index contributed by atoms with van der Waals surface area (Å²) in [4.78, 5) is 8.95. The third-order valence-corrected chi connectivity index (χ3v) is 3.33. The lowest BCUT2D eigenvalue weighted by atomic mass is 10.1. The highest BCUT2D eigenvalue weighted by molar-refractivity contribution is 14.0. The zero-order valence-electron chi connectivity index (χ0n) is 14.1. The van der Waals surface area contributed by atoms with Crippen molar-refractivity contribution in [2.75, 3.05) is 6.54 Å². The van der Waals surface area contributed by atoms with E-state index < -0.39 is 0 Å². The molecule has 0 unspecified atom stereocenters. The highest BCUT2D eigenvalue weighted by Crippen LogP contribution is 2.08. The summed E-state index contributed by atoms with van der Waals surface area (Å²) in [5.74, 6) is 2.30. The molecule has 1 aromatic heterocycles. The fourth-order valence-corrected chi connectivity index (χ4v) is 2.10. The van der Waals surface area contributed by atoms with Crippen LogP contribution in [0.2, 0.25) is 0 Å². The molecule has 2 N–H and O–H groups in total. The molecule has 0 aliphatic heterocycles. The second-order valence-electron chi connectivity index (χ2n) is 5.29. The predicted molar refractivity (Wildman–Crippen MR) is 104 cm³/mol. The predicted octanol–water partition coefficient (Wildman–Crippen LogP) is 3.47. The van der Waals surface area contributed by atoms with E-state index in [4.69, 9.17) is 4.42 Å². The van der Waals surface area contributed by atoms with Crippen LogP contribution in [0, 0.1) is 20.8 Å². The van der Waals surface area contributed by atoms with E-state index in [9.17, 15) is 0 Å². The maximum absolute atomic E-state index is 5.56. The van der Waals surface area contributed by atoms with Crippen LogP contribution < -0.4 is 10.6 Å². The maximum Gasteiger partial charge on any atom is 0.214 e. The molecule has 0 amide bonds. The van der Waals surface area contributed by atoms with Crippen molar-refractivity contribution in [2.24, 2.45) is 4.99 Å². The third-order valence-electron chi connectivity index (χ3n) is 3.33. The molecule has 0 aliphatic carbocycles. The standard InChI is InChI=1S/C17H24N4O.HI/c1-5-18-17(19-10-15-8-6-7-12(2)9-15)20-11-16-21-13(3)14(4)22-16;/h6-9H,5,10-11H2,1-4H3,(H2,18,19,20);1H. The minimum Gasteiger partial charge on any atom is -0.444 e. The monoisotopic (exact) mass is 428 g/mol. The lowest BCUT2D eigenvalue weighted by Crippen LogP contribution is -2.36. The van der Waals surface area contributed by atoms with E-state index in [1.54, 1.807) is 0 Å². The fourth-order valence-electron chi connectivity index (χ4n) is 2.10. The van der Waals surface area contributed by atoms with Crippen LogP contribution in [0.5, 0.6) is 0 Å². The smallest absolute Gasteiger partial charge is 0.214 e. The van der Waals surface area contributed by atoms with Crippen molar-refractivity contribution in [2.45, 2.75) is 40.8 Å². The Hall–Kier alpha value is -1.57. The number of benzene rings is 1. The van der Waals surface area contributed by atoms with Crippen LogP contribution in [0.25, 0.3) is 0 Å². The number of guanidine groups is 1. The summed E-state index contributed by atoms with van der Waals surface area (Å²) < 4.78 is 5.56. The first kappa shape index (κ1) is 19.5. The number of nitrogens with zero attached hydrogens (tertiary/aromatic N) is 2. The number of aliphatic imine (C=N–C) groups is 1. The van der Waals surface area contributed by atoms with Gasteiger partial charge in [-0.2, -0.15) is 0 Å². The Labute approximate surface area is 155 Å². The van der Waals surface area contributed by atoms with Crippen molar-refractivity contribution in [3.8, 4) is 0 Å². The SMILES string of the molecule is CCNC(=NCc1cccc(C)c1)NCc1nc(C)c(C)o1.I. The Morgan fingerprint density at radius 1 is 1.22 bits per heavy atom. The first-order valence-corrected chi connectivity index (χ1v) is 7.59. The first-order chi connectivity index (χ1) is 10.6. The summed E-state index contributed by atoms with van der Waals surface area (Å²) in [6, 6.07) is 8.37. The maximum atomic E-state index is 5.56. The van der Waals surface area contributed by atoms with Crippen molar-refractivity contribution >= 4 is 29.9 Å². The van der Waals surface area contributed by atoms with Crippen LogP contribution in [0.3, 0.4) is 0 Å². The molecule has 126 valence electrons. The van der Waals surface area contributed by atoms with Crippen LogP contribution in [0.4, 0.5) is 0 Å². The van der Waals surface area contributed by atoms with E-state index >= 15 is 0 Å². The second kappa shape index (κ2) is 9.54. The molecular weight excluding hydrogens is 403 g/mol. The quantitative estimate of drug-likeness (QED) is 0.435. The average Bonchev–Trinajstić information content (AvgIpc) is 2.81. The molecule has 5 nitrogen and oxygen atoms in total. The van der Waals surface area contributed by atoms with Crippen LogP contribution in [-0.2, 0) is 13.1 Å². The number of rotatable bonds is 5. The Bertz CT molecular complexity index is 632. The van der Waals surface area contributed by atoms with Gasteiger partial charge in [-0.1, -0.05) is 29.8 Å². The van der Waals surface area contributed by atoms with Gasteiger partial charge in [0.15, 0.2) is 5.96 Å². The number of aryl methyl sites for hydroxylation is 3. The second-order valence-corrected chi connectivity index (χ2v) is 5.29. The van der Waals surface area contributed by atoms with E-state index in [1.165, 1.54) is 11.1 Å². The Morgan fingerprint density at radius 2 is 2.00 bits per heavy atom. The fraction of sp³-hybridized carbons (Fsp3) is 0.412. The van der Waals surface area contributed by atoms with Gasteiger partial charge in [0.1, 0.15) is 5.76 Å². The number of nitrogens with one attached hydrogen (secondary N) is 2. The summed E-state index contributed by atoms with van der Waals surface area (Å²) in [6.45, 7) is 9.97. The van der Waals surface area contributed by atoms with Crippen molar-refractivity contribution in [3.63, 3.8) is 0 Å². The molecule has 0 saturated carbocycles. The van der Waals surface area contributed by atoms with Crippen LogP contribution in [0.1, 0.15) is 35.4 Å². The van der Waals surface area contributed by atoms with Crippen LogP contribution in [-0.4, -0.2) is 17.5 Å². The van der Waals surface area contributed by atoms with Crippen molar-refractivity contribution in [3.05, 3.63) is 52.7 Å². The van der Waals surface area contributed by atoms with Gasteiger partial charge in [0.2, 0.25) is 5.89 Å². The van der Waals surface area contributed by atoms with Gasteiger partial charge in [-0.15, -0.1) is 24.0 Å². The third kappa shape index (κ3) is 6.21. The minimum atomic E-state index is 0. The zero-order chi connectivity index (χ0) is 15.9. The molecule has 0 fully saturated rings. The highest BCUT2D eigenvalue weighted by Gasteiger charge is 2.06. The van der Waals surface area contributed by atoms with Gasteiger partial charge in [-0.3, -0.25) is 0 Å². The Kier molecular flexibility index (Phi) is 8.08. The van der Waals surface area contributed by atoms with E-state index in [1.807, 2.05) is 20.8 Å². The van der Waals surface area contributed by atoms with Gasteiger partial charge < -0.3 is 15.1 Å². The van der Waals surface area contributed by atoms with Crippen molar-refractivity contribution in [1.82, 2.24) is 15.6 Å². The lowest BCUT2D eigenvalue weighted by molar-refractivity contribution is 0.463. The summed E-state index contributed by atoms with van der Waals surface area (Å²) in [5.41, 5.74) is 3.37. The van der Waals surface area contributed by atoms with E-state index in [0.717, 1.165) is 24.0 Å². The van der Waals surface area contributed by atoms with E-state index in [-0.39, 0.29) is 24.0 Å². The van der Waals surface area contributed by atoms with E-state index in [2.05, 4.69) is 51.8 Å². The molecule has 0 saturated heterocycles. The number of hydrogen-bond donors (Lipinski definition) is 2. The van der Waals surface area contributed by atoms with Crippen LogP contribution >= 0.6 is 24.0 Å². The van der Waals surface area contributed by atoms with Gasteiger partial charge in [-0.05, 0) is 33.3 Å². The first-order valence-electron chi connectivity index (χ1n) is 7.59. The van der Waals surface area contributed by atoms with Gasteiger partial charge in [0, 0.05) is 6.54 Å². The van der Waals surface area contributed by atoms with Gasteiger partial charge in [0.05, 0.1) is 18.8 Å². The lowest BCUT2D eigenvalue weighted by Gasteiger charge is -2.09. The van der Waals surface area contributed by atoms with Gasteiger partial charge >= 0.3 is 0 Å². The molecule has 0 atom stereocenters.